The zero-order valence-electron chi connectivity index (χ0n) is 14.4. The average Bonchev–Trinajstić information content (AvgIpc) is 2.52. The number of anilines is 2. The molecule has 0 spiro atoms. The van der Waals surface area contributed by atoms with Gasteiger partial charge in [0.05, 0.1) is 5.41 Å². The Labute approximate surface area is 142 Å². The van der Waals surface area contributed by atoms with E-state index in [2.05, 4.69) is 5.32 Å². The number of benzene rings is 1. The third-order valence-corrected chi connectivity index (χ3v) is 3.71. The predicted molar refractivity (Wildman–Crippen MR) is 91.7 cm³/mol. The van der Waals surface area contributed by atoms with E-state index in [-0.39, 0.29) is 12.5 Å². The monoisotopic (exact) mass is 332 g/mol. The highest BCUT2D eigenvalue weighted by molar-refractivity contribution is 5.96. The van der Waals surface area contributed by atoms with Gasteiger partial charge in [-0.3, -0.25) is 14.4 Å². The van der Waals surface area contributed by atoms with Crippen LogP contribution in [0.5, 0.6) is 0 Å². The van der Waals surface area contributed by atoms with Crippen molar-refractivity contribution in [3.8, 4) is 0 Å². The molecule has 1 aromatic rings. The van der Waals surface area contributed by atoms with E-state index < -0.39 is 17.3 Å². The fourth-order valence-electron chi connectivity index (χ4n) is 2.38. The van der Waals surface area contributed by atoms with Gasteiger partial charge < -0.3 is 15.0 Å². The van der Waals surface area contributed by atoms with Gasteiger partial charge in [0.25, 0.3) is 5.91 Å². The Kier molecular flexibility index (Phi) is 5.59. The smallest absolute Gasteiger partial charge is 0.311 e. The number of carbonyl (C=O) groups excluding carboxylic acids is 3. The number of hydrogen-bond donors (Lipinski definition) is 1. The zero-order chi connectivity index (χ0) is 17.7. The molecule has 0 saturated carbocycles. The maximum absolute atomic E-state index is 12.0. The van der Waals surface area contributed by atoms with E-state index in [4.69, 9.17) is 4.74 Å². The number of hydrogen-bond acceptors (Lipinski definition) is 4. The van der Waals surface area contributed by atoms with Crippen LogP contribution in [0.3, 0.4) is 0 Å². The van der Waals surface area contributed by atoms with Crippen molar-refractivity contribution in [3.05, 3.63) is 24.3 Å². The van der Waals surface area contributed by atoms with Gasteiger partial charge in [0.2, 0.25) is 5.91 Å². The van der Waals surface area contributed by atoms with Crippen LogP contribution in [0, 0.1) is 5.41 Å². The Morgan fingerprint density at radius 1 is 1.25 bits per heavy atom. The van der Waals surface area contributed by atoms with E-state index in [9.17, 15) is 14.4 Å². The quantitative estimate of drug-likeness (QED) is 0.860. The maximum atomic E-state index is 12.0. The Balaban J connectivity index is 1.95. The molecule has 0 unspecified atom stereocenters. The first-order chi connectivity index (χ1) is 11.3. The van der Waals surface area contributed by atoms with Crippen molar-refractivity contribution < 1.29 is 19.1 Å². The summed E-state index contributed by atoms with van der Waals surface area (Å²) in [6, 6.07) is 7.13. The normalized spacial score (nSPS) is 15.1. The Bertz CT molecular complexity index is 634. The number of esters is 1. The summed E-state index contributed by atoms with van der Waals surface area (Å²) in [7, 11) is 0. The second-order valence-corrected chi connectivity index (χ2v) is 6.93. The summed E-state index contributed by atoms with van der Waals surface area (Å²) in [5.74, 6) is -0.733. The lowest BCUT2D eigenvalue weighted by Crippen LogP contribution is -2.35. The first-order valence-corrected chi connectivity index (χ1v) is 8.15. The Morgan fingerprint density at radius 2 is 2.00 bits per heavy atom. The Hall–Kier alpha value is -2.37. The molecule has 0 atom stereocenters. The number of piperidine rings is 1. The molecule has 130 valence electrons. The first kappa shape index (κ1) is 18.0. The minimum absolute atomic E-state index is 0.101. The summed E-state index contributed by atoms with van der Waals surface area (Å²) in [4.78, 5) is 37.3. The highest BCUT2D eigenvalue weighted by Crippen LogP contribution is 2.24. The van der Waals surface area contributed by atoms with Gasteiger partial charge in [-0.2, -0.15) is 0 Å². The molecule has 1 heterocycles. The van der Waals surface area contributed by atoms with Crippen LogP contribution in [0.4, 0.5) is 11.4 Å². The fraction of sp³-hybridized carbons (Fsp3) is 0.500. The summed E-state index contributed by atoms with van der Waals surface area (Å²) in [6.45, 7) is 5.55. The topological polar surface area (TPSA) is 75.7 Å². The maximum Gasteiger partial charge on any atom is 0.311 e. The van der Waals surface area contributed by atoms with E-state index >= 15 is 0 Å². The molecule has 1 fully saturated rings. The molecule has 6 heteroatoms. The van der Waals surface area contributed by atoms with Gasteiger partial charge in [0.1, 0.15) is 0 Å². The SMILES string of the molecule is CC(C)(C)C(=O)OCC(=O)Nc1cccc(N2CCCCC2=O)c1. The highest BCUT2D eigenvalue weighted by atomic mass is 16.5. The lowest BCUT2D eigenvalue weighted by Gasteiger charge is -2.27. The van der Waals surface area contributed by atoms with Crippen LogP contribution >= 0.6 is 0 Å². The van der Waals surface area contributed by atoms with Crippen molar-refractivity contribution in [3.63, 3.8) is 0 Å². The lowest BCUT2D eigenvalue weighted by molar-refractivity contribution is -0.155. The summed E-state index contributed by atoms with van der Waals surface area (Å²) in [5.41, 5.74) is 0.696. The second kappa shape index (κ2) is 7.47. The molecule has 6 nitrogen and oxygen atoms in total. The summed E-state index contributed by atoms with van der Waals surface area (Å²) < 4.78 is 4.99. The van der Waals surface area contributed by atoms with Crippen LogP contribution in [0.25, 0.3) is 0 Å². The number of ether oxygens (including phenoxy) is 1. The van der Waals surface area contributed by atoms with Gasteiger partial charge in [0, 0.05) is 24.3 Å². The molecule has 0 aromatic heterocycles. The number of carbonyl (C=O) groups is 3. The van der Waals surface area contributed by atoms with Crippen LogP contribution in [0.1, 0.15) is 40.0 Å². The van der Waals surface area contributed by atoms with Gasteiger partial charge in [-0.1, -0.05) is 6.07 Å². The van der Waals surface area contributed by atoms with Crippen molar-refractivity contribution in [2.24, 2.45) is 5.41 Å². The molecule has 0 aliphatic carbocycles. The van der Waals surface area contributed by atoms with Gasteiger partial charge >= 0.3 is 5.97 Å². The van der Waals surface area contributed by atoms with Crippen LogP contribution in [-0.2, 0) is 19.1 Å². The summed E-state index contributed by atoms with van der Waals surface area (Å²) >= 11 is 0. The molecule has 1 aliphatic rings. The average molecular weight is 332 g/mol. The lowest BCUT2D eigenvalue weighted by atomic mass is 9.97. The second-order valence-electron chi connectivity index (χ2n) is 6.93. The minimum Gasteiger partial charge on any atom is -0.455 e. The van der Waals surface area contributed by atoms with Crippen molar-refractivity contribution in [2.45, 2.75) is 40.0 Å². The van der Waals surface area contributed by atoms with Crippen LogP contribution in [0.2, 0.25) is 0 Å². The third-order valence-electron chi connectivity index (χ3n) is 3.71. The molecular weight excluding hydrogens is 308 g/mol. The number of nitrogens with one attached hydrogen (secondary N) is 1. The van der Waals surface area contributed by atoms with Crippen molar-refractivity contribution >= 4 is 29.2 Å². The Morgan fingerprint density at radius 3 is 2.67 bits per heavy atom. The van der Waals surface area contributed by atoms with Crippen LogP contribution in [0.15, 0.2) is 24.3 Å². The van der Waals surface area contributed by atoms with E-state index in [0.29, 0.717) is 18.7 Å². The van der Waals surface area contributed by atoms with Crippen LogP contribution < -0.4 is 10.2 Å². The van der Waals surface area contributed by atoms with Crippen molar-refractivity contribution in [2.75, 3.05) is 23.4 Å². The standard InChI is InChI=1S/C18H24N2O4/c1-18(2,3)17(23)24-12-15(21)19-13-7-6-8-14(11-13)20-10-5-4-9-16(20)22/h6-8,11H,4-5,9-10,12H2,1-3H3,(H,19,21). The van der Waals surface area contributed by atoms with Gasteiger partial charge in [-0.05, 0) is 51.8 Å². The van der Waals surface area contributed by atoms with E-state index in [1.165, 1.54) is 0 Å². The van der Waals surface area contributed by atoms with Crippen molar-refractivity contribution in [1.29, 1.82) is 0 Å². The number of rotatable bonds is 4. The molecule has 1 N–H and O–H groups in total. The van der Waals surface area contributed by atoms with E-state index in [1.54, 1.807) is 43.9 Å². The molecule has 1 aromatic carbocycles. The summed E-state index contributed by atoms with van der Waals surface area (Å²) in [5, 5.41) is 2.69. The fourth-order valence-corrected chi connectivity index (χ4v) is 2.38. The van der Waals surface area contributed by atoms with E-state index in [1.807, 2.05) is 6.07 Å². The molecule has 1 aliphatic heterocycles. The van der Waals surface area contributed by atoms with E-state index in [0.717, 1.165) is 18.5 Å². The molecule has 2 rings (SSSR count). The number of amides is 2. The molecular formula is C18H24N2O4. The number of nitrogens with zero attached hydrogens (tertiary/aromatic N) is 1. The van der Waals surface area contributed by atoms with Gasteiger partial charge in [-0.25, -0.2) is 0 Å². The van der Waals surface area contributed by atoms with Crippen LogP contribution in [-0.4, -0.2) is 30.9 Å². The highest BCUT2D eigenvalue weighted by Gasteiger charge is 2.24. The van der Waals surface area contributed by atoms with Gasteiger partial charge in [0.15, 0.2) is 6.61 Å². The zero-order valence-corrected chi connectivity index (χ0v) is 14.4. The third kappa shape index (κ3) is 4.81. The first-order valence-electron chi connectivity index (χ1n) is 8.15. The molecule has 1 saturated heterocycles. The minimum atomic E-state index is -0.644. The summed E-state index contributed by atoms with van der Waals surface area (Å²) in [6.07, 6.45) is 2.45. The van der Waals surface area contributed by atoms with Crippen molar-refractivity contribution in [1.82, 2.24) is 0 Å². The molecule has 24 heavy (non-hydrogen) atoms. The molecule has 0 bridgehead atoms. The molecule has 0 radical (unpaired) electrons. The largest absolute Gasteiger partial charge is 0.455 e. The molecule has 2 amide bonds. The van der Waals surface area contributed by atoms with Gasteiger partial charge in [-0.15, -0.1) is 0 Å². The predicted octanol–water partition coefficient (Wildman–Crippen LogP) is 2.73.